The van der Waals surface area contributed by atoms with Gasteiger partial charge < -0.3 is 2.85 Å². The van der Waals surface area contributed by atoms with Crippen molar-refractivity contribution in [3.05, 3.63) is 0 Å². The van der Waals surface area contributed by atoms with Crippen molar-refractivity contribution in [2.45, 2.75) is 89.3 Å². The molecular formula is C14H31Al. The first-order chi connectivity index (χ1) is 7.41. The minimum atomic E-state index is 0. The zero-order valence-electron chi connectivity index (χ0n) is 12.8. The quantitative estimate of drug-likeness (QED) is 0.304. The maximum absolute atomic E-state index is 2.81. The summed E-state index contributed by atoms with van der Waals surface area (Å²) >= 11 is 2.81. The average molecular weight is 226 g/mol. The van der Waals surface area contributed by atoms with E-state index in [0.717, 1.165) is 0 Å². The van der Waals surface area contributed by atoms with Crippen LogP contribution in [0.2, 0.25) is 5.28 Å². The Bertz CT molecular complexity index is 98.4. The van der Waals surface area contributed by atoms with Crippen LogP contribution in [0.5, 0.6) is 0 Å². The Balaban J connectivity index is -0.000000980. The standard InChI is InChI=1S/C14H29.Al.2H/c1-3-5-7-9-11-13-14-12-10-8-6-4-2;;;/h1,3-14H2,2H3;;;/q;+2;2*-1. The molecule has 0 saturated carbocycles. The first kappa shape index (κ1) is 15.5. The van der Waals surface area contributed by atoms with Crippen LogP contribution in [0.3, 0.4) is 0 Å². The first-order valence-electron chi connectivity index (χ1n) is 7.12. The molecule has 0 nitrogen and oxygen atoms in total. The summed E-state index contributed by atoms with van der Waals surface area (Å²) < 4.78 is 0. The molecule has 0 atom stereocenters. The third kappa shape index (κ3) is 14.5. The van der Waals surface area contributed by atoms with Crippen molar-refractivity contribution < 1.29 is 2.85 Å². The second kappa shape index (κ2) is 14.5. The van der Waals surface area contributed by atoms with Gasteiger partial charge in [0.15, 0.2) is 0 Å². The molecule has 15 heavy (non-hydrogen) atoms. The Kier molecular flexibility index (Phi) is 15.0. The Morgan fingerprint density at radius 2 is 0.933 bits per heavy atom. The monoisotopic (exact) mass is 226 g/mol. The maximum Gasteiger partial charge on any atom is -1.00 e. The second-order valence-electron chi connectivity index (χ2n) is 4.68. The molecule has 0 N–H and O–H groups in total. The summed E-state index contributed by atoms with van der Waals surface area (Å²) in [6.07, 6.45) is 17.4. The van der Waals surface area contributed by atoms with Crippen LogP contribution in [0.1, 0.15) is 86.8 Å². The molecule has 1 heteroatoms. The minimum Gasteiger partial charge on any atom is -1.00 e. The molecule has 0 aromatic carbocycles. The zero-order valence-corrected chi connectivity index (χ0v) is 11.9. The van der Waals surface area contributed by atoms with Gasteiger partial charge in [-0.3, -0.25) is 0 Å². The second-order valence-corrected chi connectivity index (χ2v) is 5.26. The summed E-state index contributed by atoms with van der Waals surface area (Å²) in [4.78, 5) is 0. The van der Waals surface area contributed by atoms with Gasteiger partial charge in [-0.1, -0.05) is 13.3 Å². The molecule has 0 radical (unpaired) electrons. The van der Waals surface area contributed by atoms with E-state index in [1.54, 1.807) is 0 Å². The van der Waals surface area contributed by atoms with Crippen molar-refractivity contribution in [3.8, 4) is 0 Å². The summed E-state index contributed by atoms with van der Waals surface area (Å²) in [5, 5.41) is 1.29. The van der Waals surface area contributed by atoms with Crippen LogP contribution in [0, 0.1) is 0 Å². The van der Waals surface area contributed by atoms with Crippen LogP contribution in [-0.2, 0) is 0 Å². The van der Waals surface area contributed by atoms with Crippen molar-refractivity contribution in [3.63, 3.8) is 0 Å². The van der Waals surface area contributed by atoms with E-state index in [-0.39, 0.29) is 2.85 Å². The van der Waals surface area contributed by atoms with Crippen LogP contribution in [0.15, 0.2) is 0 Å². The van der Waals surface area contributed by atoms with E-state index in [9.17, 15) is 0 Å². The Morgan fingerprint density at radius 3 is 1.27 bits per heavy atom. The average Bonchev–Trinajstić information content (AvgIpc) is 2.26. The molecule has 0 amide bonds. The molecule has 0 unspecified atom stereocenters. The summed E-state index contributed by atoms with van der Waals surface area (Å²) in [5.74, 6) is 0. The molecule has 0 heterocycles. The van der Waals surface area contributed by atoms with Gasteiger partial charge in [0.05, 0.1) is 0 Å². The van der Waals surface area contributed by atoms with Gasteiger partial charge in [0.2, 0.25) is 0 Å². The molecule has 0 aliphatic carbocycles. The van der Waals surface area contributed by atoms with E-state index in [1.807, 2.05) is 0 Å². The number of hydrogen-bond acceptors (Lipinski definition) is 0. The third-order valence-electron chi connectivity index (χ3n) is 3.06. The predicted molar refractivity (Wildman–Crippen MR) is 73.9 cm³/mol. The maximum atomic E-state index is 2.81. The van der Waals surface area contributed by atoms with Gasteiger partial charge in [-0.15, -0.1) is 0 Å². The number of unbranched alkanes of at least 4 members (excludes halogenated alkanes) is 11. The van der Waals surface area contributed by atoms with Crippen LogP contribution in [-0.4, -0.2) is 16.3 Å². The number of hydrogen-bond donors (Lipinski definition) is 0. The summed E-state index contributed by atoms with van der Waals surface area (Å²) in [7, 11) is 0. The fraction of sp³-hybridized carbons (Fsp3) is 1.00. The van der Waals surface area contributed by atoms with E-state index >= 15 is 0 Å². The summed E-state index contributed by atoms with van der Waals surface area (Å²) in [5.41, 5.74) is 0. The summed E-state index contributed by atoms with van der Waals surface area (Å²) in [6.45, 7) is 2.29. The fourth-order valence-electron chi connectivity index (χ4n) is 1.99. The van der Waals surface area contributed by atoms with Gasteiger partial charge in [0, 0.05) is 0 Å². The van der Waals surface area contributed by atoms with Crippen molar-refractivity contribution in [2.75, 3.05) is 0 Å². The van der Waals surface area contributed by atoms with E-state index in [4.69, 9.17) is 0 Å². The normalized spacial score (nSPS) is 10.9. The molecule has 0 aliphatic rings. The fourth-order valence-corrected chi connectivity index (χ4v) is 2.27. The molecule has 0 saturated heterocycles. The van der Waals surface area contributed by atoms with Gasteiger partial charge in [0.25, 0.3) is 0 Å². The van der Waals surface area contributed by atoms with Crippen LogP contribution >= 0.6 is 0 Å². The first-order valence-corrected chi connectivity index (χ1v) is 7.93. The molecule has 0 spiro atoms. The molecule has 0 bridgehead atoms. The van der Waals surface area contributed by atoms with E-state index in [1.165, 1.54) is 82.3 Å². The Hall–Kier alpha value is 0.532. The van der Waals surface area contributed by atoms with Crippen molar-refractivity contribution >= 4 is 16.3 Å². The Morgan fingerprint density at radius 1 is 0.600 bits per heavy atom. The van der Waals surface area contributed by atoms with Crippen molar-refractivity contribution in [2.24, 2.45) is 0 Å². The van der Waals surface area contributed by atoms with Crippen molar-refractivity contribution in [1.82, 2.24) is 0 Å². The molecule has 0 aromatic rings. The molecule has 0 aromatic heterocycles. The van der Waals surface area contributed by atoms with Crippen LogP contribution in [0.25, 0.3) is 0 Å². The smallest absolute Gasteiger partial charge is 1.00 e. The molecule has 0 rings (SSSR count). The van der Waals surface area contributed by atoms with Gasteiger partial charge >= 0.3 is 92.2 Å². The minimum absolute atomic E-state index is 0. The third-order valence-corrected chi connectivity index (χ3v) is 3.47. The SMILES string of the molecule is CCCCCCCCCCCCC[CH2][Al+2].[H-].[H-]. The zero-order chi connectivity index (χ0) is 11.2. The molecule has 0 aliphatic heterocycles. The van der Waals surface area contributed by atoms with Gasteiger partial charge in [-0.25, -0.2) is 0 Å². The summed E-state index contributed by atoms with van der Waals surface area (Å²) in [6, 6.07) is 0. The van der Waals surface area contributed by atoms with E-state index in [2.05, 4.69) is 23.2 Å². The van der Waals surface area contributed by atoms with E-state index in [0.29, 0.717) is 0 Å². The predicted octanol–water partition coefficient (Wildman–Crippen LogP) is 5.50. The van der Waals surface area contributed by atoms with Gasteiger partial charge in [-0.05, 0) is 0 Å². The van der Waals surface area contributed by atoms with Crippen LogP contribution in [0.4, 0.5) is 0 Å². The van der Waals surface area contributed by atoms with E-state index < -0.39 is 0 Å². The van der Waals surface area contributed by atoms with Crippen molar-refractivity contribution in [1.29, 1.82) is 0 Å². The number of rotatable bonds is 12. The van der Waals surface area contributed by atoms with Gasteiger partial charge in [-0.2, -0.15) is 0 Å². The molecular weight excluding hydrogens is 195 g/mol. The molecule has 90 valence electrons. The van der Waals surface area contributed by atoms with Crippen LogP contribution < -0.4 is 0 Å². The molecule has 0 fully saturated rings. The topological polar surface area (TPSA) is 0 Å². The van der Waals surface area contributed by atoms with Gasteiger partial charge in [0.1, 0.15) is 0 Å². The largest absolute Gasteiger partial charge is 1.00 e. The Labute approximate surface area is 109 Å².